The third-order valence-corrected chi connectivity index (χ3v) is 5.04. The van der Waals surface area contributed by atoms with Crippen molar-refractivity contribution < 1.29 is 14.6 Å². The highest BCUT2D eigenvalue weighted by Crippen LogP contribution is 2.40. The number of nitrogens with zero attached hydrogens (tertiary/aromatic N) is 2. The molecule has 26 heavy (non-hydrogen) atoms. The zero-order valence-corrected chi connectivity index (χ0v) is 14.8. The molecule has 0 saturated carbocycles. The number of phenolic OH excluding ortho intramolecular Hbond substituents is 1. The average molecular weight is 350 g/mol. The Morgan fingerprint density at radius 1 is 1.31 bits per heavy atom. The summed E-state index contributed by atoms with van der Waals surface area (Å²) in [5.41, 5.74) is 2.07. The quantitative estimate of drug-likeness (QED) is 0.857. The van der Waals surface area contributed by atoms with E-state index in [1.807, 2.05) is 12.1 Å². The number of aromatic hydroxyl groups is 1. The van der Waals surface area contributed by atoms with Crippen molar-refractivity contribution in [2.75, 3.05) is 13.1 Å². The fraction of sp³-hybridized carbons (Fsp3) is 0.333. The Morgan fingerprint density at radius 2 is 2.12 bits per heavy atom. The molecular weight excluding hydrogens is 328 g/mol. The van der Waals surface area contributed by atoms with Crippen molar-refractivity contribution in [1.82, 2.24) is 9.88 Å². The van der Waals surface area contributed by atoms with Crippen LogP contribution in [0.4, 0.5) is 0 Å². The van der Waals surface area contributed by atoms with E-state index in [0.29, 0.717) is 29.3 Å². The number of ether oxygens (including phenoxy) is 1. The Balaban J connectivity index is 1.64. The lowest BCUT2D eigenvalue weighted by atomic mass is 9.99. The van der Waals surface area contributed by atoms with Crippen LogP contribution in [0.5, 0.6) is 11.5 Å². The van der Waals surface area contributed by atoms with Crippen molar-refractivity contribution in [3.05, 3.63) is 59.1 Å². The SMILES string of the molecule is C[C@H]1CCCN(Cc2c(O)ccc3c2O/C(=C\c2ccncc2)C3=O)C1. The van der Waals surface area contributed by atoms with E-state index in [1.165, 1.54) is 6.42 Å². The fourth-order valence-electron chi connectivity index (χ4n) is 3.71. The summed E-state index contributed by atoms with van der Waals surface area (Å²) < 4.78 is 5.91. The van der Waals surface area contributed by atoms with Crippen molar-refractivity contribution in [2.24, 2.45) is 5.92 Å². The predicted octanol–water partition coefficient (Wildman–Crippen LogP) is 3.64. The van der Waals surface area contributed by atoms with Gasteiger partial charge in [-0.3, -0.25) is 14.7 Å². The summed E-state index contributed by atoms with van der Waals surface area (Å²) in [7, 11) is 0. The second-order valence-electron chi connectivity index (χ2n) is 7.14. The number of rotatable bonds is 3. The maximum atomic E-state index is 12.7. The van der Waals surface area contributed by atoms with Gasteiger partial charge in [0.1, 0.15) is 11.5 Å². The molecule has 5 heteroatoms. The van der Waals surface area contributed by atoms with Gasteiger partial charge < -0.3 is 9.84 Å². The molecule has 0 aliphatic carbocycles. The number of phenols is 1. The highest BCUT2D eigenvalue weighted by atomic mass is 16.5. The van der Waals surface area contributed by atoms with Crippen LogP contribution in [-0.4, -0.2) is 33.9 Å². The molecule has 0 unspecified atom stereocenters. The predicted molar refractivity (Wildman–Crippen MR) is 99.0 cm³/mol. The van der Waals surface area contributed by atoms with Gasteiger partial charge in [0.25, 0.3) is 0 Å². The number of piperidine rings is 1. The van der Waals surface area contributed by atoms with Crippen LogP contribution in [0.15, 0.2) is 42.4 Å². The molecule has 3 heterocycles. The second kappa shape index (κ2) is 6.92. The maximum Gasteiger partial charge on any atom is 0.231 e. The van der Waals surface area contributed by atoms with Crippen molar-refractivity contribution >= 4 is 11.9 Å². The van der Waals surface area contributed by atoms with Gasteiger partial charge in [-0.1, -0.05) is 6.92 Å². The van der Waals surface area contributed by atoms with E-state index in [-0.39, 0.29) is 17.3 Å². The van der Waals surface area contributed by atoms with Gasteiger partial charge in [-0.15, -0.1) is 0 Å². The van der Waals surface area contributed by atoms with E-state index in [4.69, 9.17) is 4.74 Å². The number of Topliss-reactive ketones (excluding diaryl/α,β-unsaturated/α-hetero) is 1. The highest BCUT2D eigenvalue weighted by Gasteiger charge is 2.32. The third kappa shape index (κ3) is 3.22. The number of allylic oxidation sites excluding steroid dienone is 1. The molecule has 0 amide bonds. The summed E-state index contributed by atoms with van der Waals surface area (Å²) in [6.07, 6.45) is 7.46. The summed E-state index contributed by atoms with van der Waals surface area (Å²) in [5, 5.41) is 10.4. The Hall–Kier alpha value is -2.66. The molecule has 4 rings (SSSR count). The van der Waals surface area contributed by atoms with Gasteiger partial charge >= 0.3 is 0 Å². The summed E-state index contributed by atoms with van der Waals surface area (Å²) in [4.78, 5) is 19.0. The van der Waals surface area contributed by atoms with Crippen molar-refractivity contribution in [2.45, 2.75) is 26.3 Å². The zero-order chi connectivity index (χ0) is 18.1. The minimum absolute atomic E-state index is 0.148. The van der Waals surface area contributed by atoms with E-state index in [0.717, 1.165) is 25.1 Å². The summed E-state index contributed by atoms with van der Waals surface area (Å²) in [5.74, 6) is 1.45. The monoisotopic (exact) mass is 350 g/mol. The van der Waals surface area contributed by atoms with Gasteiger partial charge in [0.15, 0.2) is 5.76 Å². The minimum Gasteiger partial charge on any atom is -0.507 e. The first kappa shape index (κ1) is 16.8. The fourth-order valence-corrected chi connectivity index (χ4v) is 3.71. The first-order valence-electron chi connectivity index (χ1n) is 9.03. The number of hydrogen-bond donors (Lipinski definition) is 1. The molecule has 1 N–H and O–H groups in total. The number of ketones is 1. The van der Waals surface area contributed by atoms with E-state index in [9.17, 15) is 9.90 Å². The lowest BCUT2D eigenvalue weighted by molar-refractivity contribution is 0.101. The highest BCUT2D eigenvalue weighted by molar-refractivity contribution is 6.14. The standard InChI is InChI=1S/C21H22N2O3/c1-14-3-2-10-23(12-14)13-17-18(24)5-4-16-20(25)19(26-21(16)17)11-15-6-8-22-9-7-15/h4-9,11,14,24H,2-3,10,12-13H2,1H3/b19-11-/t14-/m0/s1. The topological polar surface area (TPSA) is 62.7 Å². The Bertz CT molecular complexity index is 861. The molecular formula is C21H22N2O3. The number of carbonyl (C=O) groups excluding carboxylic acids is 1. The molecule has 2 aliphatic heterocycles. The molecule has 1 aromatic carbocycles. The molecule has 1 aromatic heterocycles. The van der Waals surface area contributed by atoms with E-state index in [2.05, 4.69) is 16.8 Å². The number of benzene rings is 1. The number of likely N-dealkylation sites (tertiary alicyclic amines) is 1. The molecule has 0 radical (unpaired) electrons. The van der Waals surface area contributed by atoms with Gasteiger partial charge in [-0.05, 0) is 61.2 Å². The summed E-state index contributed by atoms with van der Waals surface area (Å²) in [6, 6.07) is 6.88. The van der Waals surface area contributed by atoms with Crippen molar-refractivity contribution in [3.63, 3.8) is 0 Å². The molecule has 2 aliphatic rings. The van der Waals surface area contributed by atoms with Crippen LogP contribution in [0.1, 0.15) is 41.3 Å². The molecule has 1 fully saturated rings. The zero-order valence-electron chi connectivity index (χ0n) is 14.8. The van der Waals surface area contributed by atoms with Crippen LogP contribution in [0, 0.1) is 5.92 Å². The van der Waals surface area contributed by atoms with E-state index in [1.54, 1.807) is 30.6 Å². The smallest absolute Gasteiger partial charge is 0.231 e. The van der Waals surface area contributed by atoms with Crippen LogP contribution >= 0.6 is 0 Å². The summed E-state index contributed by atoms with van der Waals surface area (Å²) >= 11 is 0. The first-order chi connectivity index (χ1) is 12.6. The first-order valence-corrected chi connectivity index (χ1v) is 9.03. The molecule has 5 nitrogen and oxygen atoms in total. The lowest BCUT2D eigenvalue weighted by Crippen LogP contribution is -2.33. The van der Waals surface area contributed by atoms with E-state index < -0.39 is 0 Å². The van der Waals surface area contributed by atoms with E-state index >= 15 is 0 Å². The van der Waals surface area contributed by atoms with Crippen LogP contribution in [0.25, 0.3) is 6.08 Å². The normalized spacial score (nSPS) is 21.7. The van der Waals surface area contributed by atoms with Gasteiger partial charge in [0.05, 0.1) is 11.1 Å². The third-order valence-electron chi connectivity index (χ3n) is 5.04. The van der Waals surface area contributed by atoms with Crippen LogP contribution in [0.2, 0.25) is 0 Å². The number of aromatic nitrogens is 1. The molecule has 2 aromatic rings. The largest absolute Gasteiger partial charge is 0.507 e. The lowest BCUT2D eigenvalue weighted by Gasteiger charge is -2.31. The minimum atomic E-state index is -0.148. The molecule has 134 valence electrons. The Kier molecular flexibility index (Phi) is 4.47. The molecule has 0 bridgehead atoms. The van der Waals surface area contributed by atoms with Crippen LogP contribution in [0.3, 0.4) is 0 Å². The average Bonchev–Trinajstić information content (AvgIpc) is 2.95. The Morgan fingerprint density at radius 3 is 2.88 bits per heavy atom. The van der Waals surface area contributed by atoms with Crippen molar-refractivity contribution in [3.8, 4) is 11.5 Å². The van der Waals surface area contributed by atoms with Gasteiger partial charge in [0, 0.05) is 25.5 Å². The molecule has 1 saturated heterocycles. The number of fused-ring (bicyclic) bond motifs is 1. The maximum absolute atomic E-state index is 12.7. The van der Waals surface area contributed by atoms with Crippen LogP contribution in [-0.2, 0) is 6.54 Å². The Labute approximate surface area is 152 Å². The summed E-state index contributed by atoms with van der Waals surface area (Å²) in [6.45, 7) is 4.84. The van der Waals surface area contributed by atoms with Gasteiger partial charge in [-0.2, -0.15) is 0 Å². The molecule has 1 atom stereocenters. The second-order valence-corrected chi connectivity index (χ2v) is 7.14. The number of hydrogen-bond acceptors (Lipinski definition) is 5. The van der Waals surface area contributed by atoms with Crippen LogP contribution < -0.4 is 4.74 Å². The number of pyridine rings is 1. The molecule has 0 spiro atoms. The number of carbonyl (C=O) groups is 1. The van der Waals surface area contributed by atoms with Gasteiger partial charge in [0.2, 0.25) is 5.78 Å². The van der Waals surface area contributed by atoms with Crippen molar-refractivity contribution in [1.29, 1.82) is 0 Å². The van der Waals surface area contributed by atoms with Gasteiger partial charge in [-0.25, -0.2) is 0 Å².